The second-order valence-electron chi connectivity index (χ2n) is 5.97. The van der Waals surface area contributed by atoms with Crippen LogP contribution in [0.3, 0.4) is 0 Å². The third kappa shape index (κ3) is 3.83. The van der Waals surface area contributed by atoms with Crippen molar-refractivity contribution in [2.24, 2.45) is 0 Å². The second kappa shape index (κ2) is 7.63. The van der Waals surface area contributed by atoms with Crippen LogP contribution in [0.25, 0.3) is 11.0 Å². The quantitative estimate of drug-likeness (QED) is 0.574. The number of fused-ring (bicyclic) bond motifs is 1. The van der Waals surface area contributed by atoms with Crippen molar-refractivity contribution < 1.29 is 9.59 Å². The van der Waals surface area contributed by atoms with Crippen LogP contribution in [-0.2, 0) is 0 Å². The van der Waals surface area contributed by atoms with Crippen molar-refractivity contribution >= 4 is 34.2 Å². The molecule has 0 bridgehead atoms. The Morgan fingerprint density at radius 3 is 2.25 bits per heavy atom. The van der Waals surface area contributed by atoms with Gasteiger partial charge < -0.3 is 10.6 Å². The van der Waals surface area contributed by atoms with Crippen molar-refractivity contribution in [3.63, 3.8) is 0 Å². The number of carbonyl (C=O) groups is 2. The van der Waals surface area contributed by atoms with Crippen molar-refractivity contribution in [2.45, 2.75) is 0 Å². The smallest absolute Gasteiger partial charge is 0.275 e. The van der Waals surface area contributed by atoms with E-state index in [0.717, 1.165) is 5.52 Å². The van der Waals surface area contributed by atoms with Crippen LogP contribution >= 0.6 is 0 Å². The molecule has 2 aromatic carbocycles. The lowest BCUT2D eigenvalue weighted by Crippen LogP contribution is -2.15. The molecule has 0 unspecified atom stereocenters. The molecule has 2 N–H and O–H groups in total. The summed E-state index contributed by atoms with van der Waals surface area (Å²) >= 11 is 0. The lowest BCUT2D eigenvalue weighted by Gasteiger charge is -2.09. The molecule has 2 heterocycles. The summed E-state index contributed by atoms with van der Waals surface area (Å²) in [6.45, 7) is 0. The third-order valence-corrected chi connectivity index (χ3v) is 3.98. The average Bonchev–Trinajstić information content (AvgIpc) is 2.74. The summed E-state index contributed by atoms with van der Waals surface area (Å²) in [6.07, 6.45) is 4.52. The fourth-order valence-electron chi connectivity index (χ4n) is 2.64. The van der Waals surface area contributed by atoms with Gasteiger partial charge in [0.05, 0.1) is 22.8 Å². The number of aromatic nitrogens is 3. The summed E-state index contributed by atoms with van der Waals surface area (Å²) in [5.74, 6) is -0.661. The van der Waals surface area contributed by atoms with Crippen molar-refractivity contribution in [3.8, 4) is 0 Å². The maximum absolute atomic E-state index is 12.5. The molecule has 136 valence electrons. The van der Waals surface area contributed by atoms with Crippen LogP contribution < -0.4 is 10.6 Å². The number of hydrogen-bond acceptors (Lipinski definition) is 5. The second-order valence-corrected chi connectivity index (χ2v) is 5.97. The summed E-state index contributed by atoms with van der Waals surface area (Å²) in [5, 5.41) is 5.55. The van der Waals surface area contributed by atoms with Gasteiger partial charge in [-0.2, -0.15) is 0 Å². The Kier molecular flexibility index (Phi) is 4.71. The minimum absolute atomic E-state index is 0.212. The summed E-state index contributed by atoms with van der Waals surface area (Å²) in [7, 11) is 0. The highest BCUT2D eigenvalue weighted by molar-refractivity contribution is 6.06. The molecule has 0 saturated heterocycles. The third-order valence-electron chi connectivity index (χ3n) is 3.98. The molecule has 0 spiro atoms. The molecular weight excluding hydrogens is 354 g/mol. The number of anilines is 2. The van der Waals surface area contributed by atoms with Crippen LogP contribution in [0.4, 0.5) is 11.4 Å². The van der Waals surface area contributed by atoms with E-state index in [-0.39, 0.29) is 17.5 Å². The minimum Gasteiger partial charge on any atom is -0.322 e. The van der Waals surface area contributed by atoms with E-state index in [1.54, 1.807) is 48.7 Å². The van der Waals surface area contributed by atoms with Crippen LogP contribution in [0, 0.1) is 0 Å². The van der Waals surface area contributed by atoms with Crippen molar-refractivity contribution in [2.75, 3.05) is 10.6 Å². The first-order valence-corrected chi connectivity index (χ1v) is 8.54. The summed E-state index contributed by atoms with van der Waals surface area (Å²) in [6, 6.07) is 17.6. The molecule has 0 saturated carbocycles. The average molecular weight is 369 g/mol. The van der Waals surface area contributed by atoms with Gasteiger partial charge in [-0.1, -0.05) is 18.2 Å². The molecule has 28 heavy (non-hydrogen) atoms. The van der Waals surface area contributed by atoms with E-state index in [9.17, 15) is 9.59 Å². The molecule has 0 atom stereocenters. The molecule has 0 aliphatic rings. The van der Waals surface area contributed by atoms with Gasteiger partial charge >= 0.3 is 0 Å². The molecule has 4 rings (SSSR count). The topological polar surface area (TPSA) is 96.9 Å². The van der Waals surface area contributed by atoms with Crippen molar-refractivity contribution in [1.82, 2.24) is 15.0 Å². The van der Waals surface area contributed by atoms with Gasteiger partial charge in [-0.15, -0.1) is 0 Å². The van der Waals surface area contributed by atoms with Crippen LogP contribution in [0.2, 0.25) is 0 Å². The molecular formula is C21H15N5O2. The van der Waals surface area contributed by atoms with E-state index in [0.29, 0.717) is 22.5 Å². The Labute approximate surface area is 160 Å². The van der Waals surface area contributed by atoms with Crippen LogP contribution in [0.15, 0.2) is 79.3 Å². The molecule has 0 fully saturated rings. The number of nitrogens with one attached hydrogen (secondary N) is 2. The van der Waals surface area contributed by atoms with Gasteiger partial charge in [0.25, 0.3) is 11.8 Å². The Morgan fingerprint density at radius 1 is 0.750 bits per heavy atom. The van der Waals surface area contributed by atoms with Crippen molar-refractivity contribution in [3.05, 3.63) is 90.5 Å². The lowest BCUT2D eigenvalue weighted by molar-refractivity contribution is 0.101. The van der Waals surface area contributed by atoms with Gasteiger partial charge in [0.1, 0.15) is 5.69 Å². The number of amides is 2. The summed E-state index contributed by atoms with van der Waals surface area (Å²) < 4.78 is 0. The minimum atomic E-state index is -0.381. The first-order valence-electron chi connectivity index (χ1n) is 8.54. The summed E-state index contributed by atoms with van der Waals surface area (Å²) in [5.41, 5.74) is 3.11. The van der Waals surface area contributed by atoms with Gasteiger partial charge in [0.15, 0.2) is 0 Å². The SMILES string of the molecule is O=C(Nc1cccc(NC(=O)c2cnc3ccccc3n2)c1)c1cccnc1. The number of benzene rings is 2. The van der Waals surface area contributed by atoms with Gasteiger partial charge in [-0.3, -0.25) is 19.6 Å². The number of pyridine rings is 1. The Bertz CT molecular complexity index is 1160. The first kappa shape index (κ1) is 17.3. The zero-order valence-corrected chi connectivity index (χ0v) is 14.7. The zero-order chi connectivity index (χ0) is 19.3. The molecule has 4 aromatic rings. The van der Waals surface area contributed by atoms with E-state index in [1.165, 1.54) is 12.4 Å². The molecule has 7 nitrogen and oxygen atoms in total. The largest absolute Gasteiger partial charge is 0.322 e. The van der Waals surface area contributed by atoms with Gasteiger partial charge in [0.2, 0.25) is 0 Å². The number of hydrogen-bond donors (Lipinski definition) is 2. The van der Waals surface area contributed by atoms with E-state index in [1.807, 2.05) is 18.2 Å². The lowest BCUT2D eigenvalue weighted by atomic mass is 10.2. The first-order chi connectivity index (χ1) is 13.7. The molecule has 0 radical (unpaired) electrons. The highest BCUT2D eigenvalue weighted by atomic mass is 16.2. The number of rotatable bonds is 4. The summed E-state index contributed by atoms with van der Waals surface area (Å²) in [4.78, 5) is 37.2. The van der Waals surface area contributed by atoms with Gasteiger partial charge in [-0.05, 0) is 42.5 Å². The van der Waals surface area contributed by atoms with Gasteiger partial charge in [0, 0.05) is 23.8 Å². The normalized spacial score (nSPS) is 10.4. The highest BCUT2D eigenvalue weighted by Gasteiger charge is 2.11. The predicted octanol–water partition coefficient (Wildman–Crippen LogP) is 3.53. The molecule has 0 aliphatic heterocycles. The number of para-hydroxylation sites is 2. The molecule has 7 heteroatoms. The number of nitrogens with zero attached hydrogens (tertiary/aromatic N) is 3. The van der Waals surface area contributed by atoms with E-state index >= 15 is 0 Å². The number of carbonyl (C=O) groups excluding carboxylic acids is 2. The predicted molar refractivity (Wildman–Crippen MR) is 106 cm³/mol. The molecule has 2 aromatic heterocycles. The Morgan fingerprint density at radius 2 is 1.50 bits per heavy atom. The van der Waals surface area contributed by atoms with E-state index in [2.05, 4.69) is 25.6 Å². The maximum Gasteiger partial charge on any atom is 0.275 e. The Hall–Kier alpha value is -4.13. The van der Waals surface area contributed by atoms with Crippen LogP contribution in [-0.4, -0.2) is 26.8 Å². The molecule has 0 aliphatic carbocycles. The van der Waals surface area contributed by atoms with E-state index in [4.69, 9.17) is 0 Å². The fourth-order valence-corrected chi connectivity index (χ4v) is 2.64. The highest BCUT2D eigenvalue weighted by Crippen LogP contribution is 2.17. The Balaban J connectivity index is 1.49. The van der Waals surface area contributed by atoms with Crippen LogP contribution in [0.1, 0.15) is 20.8 Å². The molecule has 2 amide bonds. The fraction of sp³-hybridized carbons (Fsp3) is 0. The maximum atomic E-state index is 12.5. The zero-order valence-electron chi connectivity index (χ0n) is 14.7. The van der Waals surface area contributed by atoms with E-state index < -0.39 is 0 Å². The van der Waals surface area contributed by atoms with Crippen LogP contribution in [0.5, 0.6) is 0 Å². The monoisotopic (exact) mass is 369 g/mol. The van der Waals surface area contributed by atoms with Gasteiger partial charge in [-0.25, -0.2) is 4.98 Å². The standard InChI is InChI=1S/C21H15N5O2/c27-20(14-5-4-10-22-12-14)24-15-6-3-7-16(11-15)25-21(28)19-13-23-17-8-1-2-9-18(17)26-19/h1-13H,(H,24,27)(H,25,28). The van der Waals surface area contributed by atoms with Crippen molar-refractivity contribution in [1.29, 1.82) is 0 Å².